The minimum absolute atomic E-state index is 0.324. The predicted octanol–water partition coefficient (Wildman–Crippen LogP) is 5.17. The summed E-state index contributed by atoms with van der Waals surface area (Å²) in [7, 11) is 5.58. The first-order valence-corrected chi connectivity index (χ1v) is 10.9. The molecule has 0 saturated heterocycles. The van der Waals surface area contributed by atoms with E-state index in [1.165, 1.54) is 7.11 Å². The Bertz CT molecular complexity index is 1160. The van der Waals surface area contributed by atoms with Gasteiger partial charge in [0.2, 0.25) is 0 Å². The number of aryl methyl sites for hydroxylation is 1. The molecular weight excluding hydrogens is 394 g/mol. The number of fused-ring (bicyclic) bond motifs is 1. The van der Waals surface area contributed by atoms with Gasteiger partial charge in [0, 0.05) is 52.7 Å². The van der Waals surface area contributed by atoms with Crippen molar-refractivity contribution in [2.24, 2.45) is 0 Å². The van der Waals surface area contributed by atoms with Crippen LogP contribution >= 0.6 is 11.3 Å². The van der Waals surface area contributed by atoms with E-state index in [0.29, 0.717) is 5.56 Å². The molecule has 4 rings (SSSR count). The molecule has 3 aromatic heterocycles. The van der Waals surface area contributed by atoms with Crippen molar-refractivity contribution in [1.29, 1.82) is 0 Å². The van der Waals surface area contributed by atoms with Crippen molar-refractivity contribution in [2.75, 3.05) is 27.7 Å². The first-order valence-electron chi connectivity index (χ1n) is 9.91. The van der Waals surface area contributed by atoms with Crippen LogP contribution in [0.15, 0.2) is 59.7 Å². The fourth-order valence-corrected chi connectivity index (χ4v) is 4.43. The second-order valence-corrected chi connectivity index (χ2v) is 8.34. The third kappa shape index (κ3) is 4.01. The van der Waals surface area contributed by atoms with Crippen molar-refractivity contribution in [3.8, 4) is 22.3 Å². The lowest BCUT2D eigenvalue weighted by atomic mass is 10.00. The molecule has 30 heavy (non-hydrogen) atoms. The highest BCUT2D eigenvalue weighted by molar-refractivity contribution is 7.08. The number of methoxy groups -OCH3 is 1. The van der Waals surface area contributed by atoms with Crippen LogP contribution in [0.25, 0.3) is 33.2 Å². The number of hydrogen-bond donors (Lipinski definition) is 0. The molecule has 4 aromatic rings. The molecule has 0 bridgehead atoms. The van der Waals surface area contributed by atoms with E-state index in [4.69, 9.17) is 4.74 Å². The van der Waals surface area contributed by atoms with Gasteiger partial charge in [-0.1, -0.05) is 6.07 Å². The number of nitrogens with zero attached hydrogens (tertiary/aromatic N) is 3. The van der Waals surface area contributed by atoms with E-state index in [0.717, 1.165) is 52.7 Å². The van der Waals surface area contributed by atoms with Gasteiger partial charge in [0.05, 0.1) is 12.7 Å². The maximum absolute atomic E-state index is 12.5. The summed E-state index contributed by atoms with van der Waals surface area (Å²) in [6.45, 7) is 1.87. The lowest BCUT2D eigenvalue weighted by Crippen LogP contribution is -2.14. The summed E-state index contributed by atoms with van der Waals surface area (Å²) >= 11 is 1.67. The molecule has 0 fully saturated rings. The van der Waals surface area contributed by atoms with E-state index in [1.54, 1.807) is 11.3 Å². The van der Waals surface area contributed by atoms with Crippen molar-refractivity contribution in [1.82, 2.24) is 14.5 Å². The van der Waals surface area contributed by atoms with Crippen molar-refractivity contribution in [3.05, 3.63) is 65.2 Å². The number of carbonyl (C=O) groups excluding carboxylic acids is 1. The molecule has 154 valence electrons. The average Bonchev–Trinajstić information content (AvgIpc) is 3.42. The molecule has 0 aliphatic rings. The Hall–Kier alpha value is -2.96. The monoisotopic (exact) mass is 419 g/mol. The molecule has 0 aliphatic carbocycles. The second kappa shape index (κ2) is 8.81. The van der Waals surface area contributed by atoms with Crippen LogP contribution in [0.5, 0.6) is 0 Å². The van der Waals surface area contributed by atoms with Crippen LogP contribution < -0.4 is 0 Å². The maximum Gasteiger partial charge on any atom is 0.338 e. The third-order valence-corrected chi connectivity index (χ3v) is 5.90. The maximum atomic E-state index is 12.5. The SMILES string of the molecule is COC(=O)c1cccc2c1c(-c1cncc(-c3ccsc3)c1)cn2CCCN(C)C. The van der Waals surface area contributed by atoms with E-state index in [-0.39, 0.29) is 5.97 Å². The number of ether oxygens (including phenoxy) is 1. The molecular formula is C24H25N3O2S. The van der Waals surface area contributed by atoms with Crippen molar-refractivity contribution in [3.63, 3.8) is 0 Å². The van der Waals surface area contributed by atoms with Crippen LogP contribution in [0.2, 0.25) is 0 Å². The fourth-order valence-electron chi connectivity index (χ4n) is 3.77. The number of hydrogen-bond acceptors (Lipinski definition) is 5. The van der Waals surface area contributed by atoms with Crippen molar-refractivity contribution < 1.29 is 9.53 Å². The lowest BCUT2D eigenvalue weighted by Gasteiger charge is -2.10. The largest absolute Gasteiger partial charge is 0.465 e. The zero-order valence-corrected chi connectivity index (χ0v) is 18.3. The normalized spacial score (nSPS) is 11.3. The van der Waals surface area contributed by atoms with Crippen LogP contribution in [0.1, 0.15) is 16.8 Å². The van der Waals surface area contributed by atoms with Gasteiger partial charge in [-0.15, -0.1) is 0 Å². The van der Waals surface area contributed by atoms with Gasteiger partial charge < -0.3 is 14.2 Å². The van der Waals surface area contributed by atoms with E-state index in [2.05, 4.69) is 63.7 Å². The zero-order valence-electron chi connectivity index (χ0n) is 17.5. The zero-order chi connectivity index (χ0) is 21.1. The Kier molecular flexibility index (Phi) is 5.97. The van der Waals surface area contributed by atoms with Crippen LogP contribution in [-0.4, -0.2) is 48.2 Å². The molecule has 3 heterocycles. The van der Waals surface area contributed by atoms with Crippen molar-refractivity contribution >= 4 is 28.2 Å². The molecule has 6 heteroatoms. The average molecular weight is 420 g/mol. The summed E-state index contributed by atoms with van der Waals surface area (Å²) in [6, 6.07) is 10.0. The molecule has 0 saturated carbocycles. The number of thiophene rings is 1. The Morgan fingerprint density at radius 2 is 2.00 bits per heavy atom. The van der Waals surface area contributed by atoms with Crippen LogP contribution in [-0.2, 0) is 11.3 Å². The molecule has 0 aliphatic heterocycles. The highest BCUT2D eigenvalue weighted by Gasteiger charge is 2.19. The lowest BCUT2D eigenvalue weighted by molar-refractivity contribution is 0.0603. The molecule has 0 radical (unpaired) electrons. The Balaban J connectivity index is 1.86. The Morgan fingerprint density at radius 1 is 1.17 bits per heavy atom. The number of aromatic nitrogens is 2. The van der Waals surface area contributed by atoms with Gasteiger partial charge in [-0.25, -0.2) is 4.79 Å². The molecule has 1 aromatic carbocycles. The molecule has 0 unspecified atom stereocenters. The highest BCUT2D eigenvalue weighted by atomic mass is 32.1. The summed E-state index contributed by atoms with van der Waals surface area (Å²) in [5.41, 5.74) is 5.83. The third-order valence-electron chi connectivity index (χ3n) is 5.22. The summed E-state index contributed by atoms with van der Waals surface area (Å²) in [5.74, 6) is -0.324. The summed E-state index contributed by atoms with van der Waals surface area (Å²) in [6.07, 6.45) is 6.90. The number of rotatable bonds is 7. The fraction of sp³-hybridized carbons (Fsp3) is 0.250. The van der Waals surface area contributed by atoms with Crippen LogP contribution in [0, 0.1) is 0 Å². The van der Waals surface area contributed by atoms with Gasteiger partial charge in [-0.3, -0.25) is 4.98 Å². The highest BCUT2D eigenvalue weighted by Crippen LogP contribution is 2.35. The van der Waals surface area contributed by atoms with Gasteiger partial charge in [0.15, 0.2) is 0 Å². The van der Waals surface area contributed by atoms with Gasteiger partial charge >= 0.3 is 5.97 Å². The second-order valence-electron chi connectivity index (χ2n) is 7.56. The quantitative estimate of drug-likeness (QED) is 0.388. The number of pyridine rings is 1. The molecule has 5 nitrogen and oxygen atoms in total. The van der Waals surface area contributed by atoms with E-state index < -0.39 is 0 Å². The smallest absolute Gasteiger partial charge is 0.338 e. The summed E-state index contributed by atoms with van der Waals surface area (Å²) in [4.78, 5) is 19.2. The van der Waals surface area contributed by atoms with Gasteiger partial charge in [0.25, 0.3) is 0 Å². The standard InChI is InChI=1S/C24H25N3O2S/c1-26(2)9-5-10-27-15-21(23-20(24(28)29-3)6-4-7-22(23)27)19-12-18(13-25-14-19)17-8-11-30-16-17/h4,6-8,11-16H,5,9-10H2,1-3H3. The number of carbonyl (C=O) groups is 1. The minimum atomic E-state index is -0.324. The van der Waals surface area contributed by atoms with Crippen LogP contribution in [0.3, 0.4) is 0 Å². The predicted molar refractivity (Wildman–Crippen MR) is 123 cm³/mol. The first-order chi connectivity index (χ1) is 14.6. The summed E-state index contributed by atoms with van der Waals surface area (Å²) < 4.78 is 7.30. The number of esters is 1. The minimum Gasteiger partial charge on any atom is -0.465 e. The van der Waals surface area contributed by atoms with E-state index in [1.807, 2.05) is 24.5 Å². The molecule has 0 amide bonds. The Morgan fingerprint density at radius 3 is 2.73 bits per heavy atom. The first kappa shape index (κ1) is 20.3. The number of benzene rings is 1. The van der Waals surface area contributed by atoms with E-state index in [9.17, 15) is 4.79 Å². The van der Waals surface area contributed by atoms with Crippen LogP contribution in [0.4, 0.5) is 0 Å². The van der Waals surface area contributed by atoms with Gasteiger partial charge in [-0.2, -0.15) is 11.3 Å². The van der Waals surface area contributed by atoms with Gasteiger partial charge in [0.1, 0.15) is 0 Å². The summed E-state index contributed by atoms with van der Waals surface area (Å²) in [5, 5.41) is 5.09. The molecule has 0 spiro atoms. The van der Waals surface area contributed by atoms with E-state index >= 15 is 0 Å². The van der Waals surface area contributed by atoms with Crippen molar-refractivity contribution in [2.45, 2.75) is 13.0 Å². The molecule has 0 N–H and O–H groups in total. The van der Waals surface area contributed by atoms with Gasteiger partial charge in [-0.05, 0) is 67.6 Å². The molecule has 0 atom stereocenters. The topological polar surface area (TPSA) is 47.4 Å². The Labute approximate surface area is 180 Å².